The van der Waals surface area contributed by atoms with Gasteiger partial charge in [-0.3, -0.25) is 0 Å². The van der Waals surface area contributed by atoms with E-state index in [0.717, 1.165) is 43.1 Å². The molecule has 2 rings (SSSR count). The predicted molar refractivity (Wildman–Crippen MR) is 125 cm³/mol. The monoisotopic (exact) mass is 407 g/mol. The van der Waals surface area contributed by atoms with Crippen LogP contribution in [0.4, 0.5) is 0 Å². The zero-order chi connectivity index (χ0) is 21.3. The fourth-order valence-corrected chi connectivity index (χ4v) is 3.54. The van der Waals surface area contributed by atoms with Gasteiger partial charge in [-0.25, -0.2) is 0 Å². The van der Waals surface area contributed by atoms with Gasteiger partial charge in [0.15, 0.2) is 0 Å². The molecule has 162 valence electrons. The van der Waals surface area contributed by atoms with E-state index in [9.17, 15) is 0 Å². The van der Waals surface area contributed by atoms with Crippen molar-refractivity contribution in [3.63, 3.8) is 0 Å². The number of unbranched alkanes of at least 4 members (excludes halogenated alkanes) is 9. The molecule has 0 aliphatic rings. The standard InChI is InChI=1S/C27H37NO2/c1-2-29-21-11-9-7-5-3-4-6-8-10-12-22-30-27-19-17-26(18-20-27)25-15-13-24(23-28)14-16-25/h13-20H,2-12,21-22H2,1H3. The molecule has 0 aliphatic carbocycles. The maximum atomic E-state index is 8.89. The van der Waals surface area contributed by atoms with Gasteiger partial charge in [0.2, 0.25) is 0 Å². The number of nitriles is 1. The molecule has 2 aromatic rings. The minimum Gasteiger partial charge on any atom is -0.494 e. The lowest BCUT2D eigenvalue weighted by Gasteiger charge is -2.08. The van der Waals surface area contributed by atoms with E-state index in [0.29, 0.717) is 5.56 Å². The lowest BCUT2D eigenvalue weighted by Crippen LogP contribution is -1.97. The Morgan fingerprint density at radius 3 is 1.60 bits per heavy atom. The third-order valence-corrected chi connectivity index (χ3v) is 5.36. The average Bonchev–Trinajstić information content (AvgIpc) is 2.80. The quantitative estimate of drug-likeness (QED) is 0.270. The highest BCUT2D eigenvalue weighted by Gasteiger charge is 2.00. The Balaban J connectivity index is 1.47. The molecule has 0 saturated carbocycles. The van der Waals surface area contributed by atoms with E-state index in [1.54, 1.807) is 0 Å². The molecule has 0 heterocycles. The van der Waals surface area contributed by atoms with Gasteiger partial charge in [0.05, 0.1) is 18.2 Å². The topological polar surface area (TPSA) is 42.2 Å². The van der Waals surface area contributed by atoms with Crippen molar-refractivity contribution in [1.29, 1.82) is 5.26 Å². The van der Waals surface area contributed by atoms with E-state index in [-0.39, 0.29) is 0 Å². The molecule has 0 aromatic heterocycles. The van der Waals surface area contributed by atoms with Crippen molar-refractivity contribution in [3.8, 4) is 22.9 Å². The van der Waals surface area contributed by atoms with Crippen LogP contribution >= 0.6 is 0 Å². The summed E-state index contributed by atoms with van der Waals surface area (Å²) in [5.74, 6) is 0.928. The molecule has 0 N–H and O–H groups in total. The van der Waals surface area contributed by atoms with Crippen LogP contribution < -0.4 is 4.74 Å². The van der Waals surface area contributed by atoms with Gasteiger partial charge >= 0.3 is 0 Å². The molecule has 3 nitrogen and oxygen atoms in total. The number of benzene rings is 2. The highest BCUT2D eigenvalue weighted by molar-refractivity contribution is 5.64. The Kier molecular flexibility index (Phi) is 12.4. The number of hydrogen-bond acceptors (Lipinski definition) is 3. The van der Waals surface area contributed by atoms with Crippen molar-refractivity contribution in [3.05, 3.63) is 54.1 Å². The van der Waals surface area contributed by atoms with Crippen molar-refractivity contribution >= 4 is 0 Å². The zero-order valence-electron chi connectivity index (χ0n) is 18.6. The smallest absolute Gasteiger partial charge is 0.119 e. The van der Waals surface area contributed by atoms with Crippen molar-refractivity contribution in [2.75, 3.05) is 19.8 Å². The van der Waals surface area contributed by atoms with E-state index < -0.39 is 0 Å². The van der Waals surface area contributed by atoms with Gasteiger partial charge in [-0.1, -0.05) is 75.6 Å². The highest BCUT2D eigenvalue weighted by atomic mass is 16.5. The fourth-order valence-electron chi connectivity index (χ4n) is 3.54. The van der Waals surface area contributed by atoms with Crippen LogP contribution in [0.15, 0.2) is 48.5 Å². The maximum Gasteiger partial charge on any atom is 0.119 e. The van der Waals surface area contributed by atoms with Crippen LogP contribution in [-0.4, -0.2) is 19.8 Å². The molecule has 30 heavy (non-hydrogen) atoms. The molecule has 0 amide bonds. The number of ether oxygens (including phenoxy) is 2. The van der Waals surface area contributed by atoms with Crippen molar-refractivity contribution in [2.24, 2.45) is 0 Å². The molecule has 0 radical (unpaired) electrons. The van der Waals surface area contributed by atoms with Gasteiger partial charge < -0.3 is 9.47 Å². The Hall–Kier alpha value is -2.31. The van der Waals surface area contributed by atoms with Gasteiger partial charge in [0.25, 0.3) is 0 Å². The van der Waals surface area contributed by atoms with Crippen molar-refractivity contribution in [1.82, 2.24) is 0 Å². The van der Waals surface area contributed by atoms with Crippen LogP contribution in [0.5, 0.6) is 5.75 Å². The molecule has 2 aromatic carbocycles. The lowest BCUT2D eigenvalue weighted by atomic mass is 10.0. The molecule has 0 unspecified atom stereocenters. The first kappa shape index (κ1) is 24.0. The molecular weight excluding hydrogens is 370 g/mol. The average molecular weight is 408 g/mol. The summed E-state index contributed by atoms with van der Waals surface area (Å²) in [7, 11) is 0. The second kappa shape index (κ2) is 15.5. The Labute approximate surface area is 183 Å². The van der Waals surface area contributed by atoms with Gasteiger partial charge in [-0.15, -0.1) is 0 Å². The molecular formula is C27H37NO2. The number of rotatable bonds is 16. The number of hydrogen-bond donors (Lipinski definition) is 0. The summed E-state index contributed by atoms with van der Waals surface area (Å²) in [5.41, 5.74) is 2.94. The summed E-state index contributed by atoms with van der Waals surface area (Å²) in [5, 5.41) is 8.89. The third-order valence-electron chi connectivity index (χ3n) is 5.36. The largest absolute Gasteiger partial charge is 0.494 e. The SMILES string of the molecule is CCOCCCCCCCCCCCCOc1ccc(-c2ccc(C#N)cc2)cc1. The summed E-state index contributed by atoms with van der Waals surface area (Å²) in [6.45, 7) is 4.62. The lowest BCUT2D eigenvalue weighted by molar-refractivity contribution is 0.143. The van der Waals surface area contributed by atoms with E-state index in [1.165, 1.54) is 57.8 Å². The normalized spacial score (nSPS) is 10.7. The van der Waals surface area contributed by atoms with Crippen LogP contribution in [0.25, 0.3) is 11.1 Å². The Morgan fingerprint density at radius 1 is 0.633 bits per heavy atom. The first-order valence-corrected chi connectivity index (χ1v) is 11.6. The maximum absolute atomic E-state index is 8.89. The van der Waals surface area contributed by atoms with Crippen molar-refractivity contribution in [2.45, 2.75) is 71.1 Å². The van der Waals surface area contributed by atoms with E-state index >= 15 is 0 Å². The second-order valence-electron chi connectivity index (χ2n) is 7.79. The molecule has 0 aliphatic heterocycles. The number of nitrogens with zero attached hydrogens (tertiary/aromatic N) is 1. The van der Waals surface area contributed by atoms with Crippen LogP contribution in [-0.2, 0) is 4.74 Å². The van der Waals surface area contributed by atoms with Gasteiger partial charge in [-0.2, -0.15) is 5.26 Å². The molecule has 0 fully saturated rings. The third kappa shape index (κ3) is 9.94. The van der Waals surface area contributed by atoms with Gasteiger partial charge in [0, 0.05) is 13.2 Å². The minimum absolute atomic E-state index is 0.687. The van der Waals surface area contributed by atoms with Crippen LogP contribution in [0, 0.1) is 11.3 Å². The summed E-state index contributed by atoms with van der Waals surface area (Å²) in [6, 6.07) is 18.0. The van der Waals surface area contributed by atoms with Gasteiger partial charge in [0.1, 0.15) is 5.75 Å². The second-order valence-corrected chi connectivity index (χ2v) is 7.79. The fraction of sp³-hybridized carbons (Fsp3) is 0.519. The molecule has 0 bridgehead atoms. The molecule has 3 heteroatoms. The van der Waals surface area contributed by atoms with Crippen LogP contribution in [0.1, 0.15) is 76.7 Å². The first-order valence-electron chi connectivity index (χ1n) is 11.6. The van der Waals surface area contributed by atoms with Gasteiger partial charge in [-0.05, 0) is 55.2 Å². The zero-order valence-corrected chi connectivity index (χ0v) is 18.6. The van der Waals surface area contributed by atoms with Crippen molar-refractivity contribution < 1.29 is 9.47 Å². The van der Waals surface area contributed by atoms with E-state index in [4.69, 9.17) is 14.7 Å². The van der Waals surface area contributed by atoms with E-state index in [1.807, 2.05) is 36.4 Å². The molecule has 0 saturated heterocycles. The first-order chi connectivity index (χ1) is 14.8. The Morgan fingerprint density at radius 2 is 1.10 bits per heavy atom. The highest BCUT2D eigenvalue weighted by Crippen LogP contribution is 2.23. The minimum atomic E-state index is 0.687. The predicted octanol–water partition coefficient (Wildman–Crippen LogP) is 7.54. The summed E-state index contributed by atoms with van der Waals surface area (Å²) >= 11 is 0. The van der Waals surface area contributed by atoms with Crippen LogP contribution in [0.3, 0.4) is 0 Å². The summed E-state index contributed by atoms with van der Waals surface area (Å²) in [6.07, 6.45) is 13.0. The van der Waals surface area contributed by atoms with E-state index in [2.05, 4.69) is 25.1 Å². The van der Waals surface area contributed by atoms with Crippen LogP contribution in [0.2, 0.25) is 0 Å². The summed E-state index contributed by atoms with van der Waals surface area (Å²) < 4.78 is 11.2. The summed E-state index contributed by atoms with van der Waals surface area (Å²) in [4.78, 5) is 0. The Bertz CT molecular complexity index is 716. The molecule has 0 spiro atoms. The molecule has 0 atom stereocenters.